The highest BCUT2D eigenvalue weighted by Crippen LogP contribution is 2.42. The van der Waals surface area contributed by atoms with E-state index < -0.39 is 0 Å². The highest BCUT2D eigenvalue weighted by atomic mass is 14.4. The Bertz CT molecular complexity index is 1030. The highest BCUT2D eigenvalue weighted by molar-refractivity contribution is 5.49. The van der Waals surface area contributed by atoms with E-state index in [0.717, 1.165) is 6.42 Å². The maximum Gasteiger partial charge on any atom is -0.0129 e. The van der Waals surface area contributed by atoms with Crippen LogP contribution < -0.4 is 0 Å². The van der Waals surface area contributed by atoms with E-state index in [9.17, 15) is 0 Å². The van der Waals surface area contributed by atoms with Crippen LogP contribution in [0.2, 0.25) is 0 Å². The molecule has 0 aromatic heterocycles. The lowest BCUT2D eigenvalue weighted by Crippen LogP contribution is -2.26. The first-order valence-corrected chi connectivity index (χ1v) is 13.8. The van der Waals surface area contributed by atoms with E-state index in [-0.39, 0.29) is 27.1 Å². The second-order valence-corrected chi connectivity index (χ2v) is 16.2. The van der Waals surface area contributed by atoms with E-state index in [1.54, 1.807) is 0 Å². The fourth-order valence-electron chi connectivity index (χ4n) is 5.37. The maximum absolute atomic E-state index is 2.57. The largest absolute Gasteiger partial charge is 0.0587 e. The van der Waals surface area contributed by atoms with Crippen molar-refractivity contribution in [1.29, 1.82) is 0 Å². The molecule has 2 aromatic rings. The number of hydrogen-bond acceptors (Lipinski definition) is 0. The molecular weight excluding hydrogens is 420 g/mol. The van der Waals surface area contributed by atoms with Crippen LogP contribution >= 0.6 is 0 Å². The van der Waals surface area contributed by atoms with Crippen molar-refractivity contribution in [2.45, 2.75) is 150 Å². The van der Waals surface area contributed by atoms with Crippen LogP contribution in [0.5, 0.6) is 0 Å². The monoisotopic (exact) mass is 476 g/mol. The highest BCUT2D eigenvalue weighted by Gasteiger charge is 2.31. The van der Waals surface area contributed by atoms with Crippen LogP contribution in [-0.2, 0) is 33.5 Å². The van der Waals surface area contributed by atoms with E-state index in [1.807, 2.05) is 0 Å². The topological polar surface area (TPSA) is 0 Å². The van der Waals surface area contributed by atoms with Crippen molar-refractivity contribution in [3.63, 3.8) is 0 Å². The van der Waals surface area contributed by atoms with Crippen molar-refractivity contribution in [3.8, 4) is 0 Å². The average molecular weight is 477 g/mol. The first-order valence-electron chi connectivity index (χ1n) is 13.8. The fourth-order valence-corrected chi connectivity index (χ4v) is 5.37. The Morgan fingerprint density at radius 2 is 0.829 bits per heavy atom. The van der Waals surface area contributed by atoms with Crippen molar-refractivity contribution in [2.75, 3.05) is 0 Å². The summed E-state index contributed by atoms with van der Waals surface area (Å²) in [4.78, 5) is 0. The summed E-state index contributed by atoms with van der Waals surface area (Å²) >= 11 is 0. The lowest BCUT2D eigenvalue weighted by atomic mass is 9.69. The molecule has 2 aromatic carbocycles. The molecule has 0 aliphatic rings. The first-order chi connectivity index (χ1) is 15.4. The fraction of sp³-hybridized carbons (Fsp3) is 0.657. The van der Waals surface area contributed by atoms with Crippen LogP contribution in [0.3, 0.4) is 0 Å². The molecule has 0 N–H and O–H groups in total. The Morgan fingerprint density at radius 3 is 1.23 bits per heavy atom. The molecule has 0 fully saturated rings. The minimum Gasteiger partial charge on any atom is -0.0587 e. The van der Waals surface area contributed by atoms with Crippen LogP contribution in [-0.4, -0.2) is 0 Å². The first kappa shape index (κ1) is 29.7. The number of benzene rings is 2. The van der Waals surface area contributed by atoms with E-state index >= 15 is 0 Å². The van der Waals surface area contributed by atoms with Gasteiger partial charge in [-0.2, -0.15) is 0 Å². The molecule has 0 aliphatic carbocycles. The van der Waals surface area contributed by atoms with Crippen LogP contribution in [0.1, 0.15) is 156 Å². The van der Waals surface area contributed by atoms with E-state index in [2.05, 4.69) is 141 Å². The standard InChI is InChI=1S/C35H56/c1-23(19-24-17-18-26(31(2,3)4)28(20-24)33(8,9)10)25-21-29(34(11,12)13)30(35(14,15)16)22-27(25)32(5,6)7/h17-18,20-23H,19H2,1-16H3. The van der Waals surface area contributed by atoms with Crippen LogP contribution in [0.4, 0.5) is 0 Å². The second-order valence-electron chi connectivity index (χ2n) is 16.2. The van der Waals surface area contributed by atoms with E-state index in [0.29, 0.717) is 5.92 Å². The Labute approximate surface area is 219 Å². The van der Waals surface area contributed by atoms with Gasteiger partial charge in [0.05, 0.1) is 0 Å². The normalized spacial score (nSPS) is 14.9. The molecule has 0 saturated carbocycles. The van der Waals surface area contributed by atoms with Gasteiger partial charge >= 0.3 is 0 Å². The van der Waals surface area contributed by atoms with Gasteiger partial charge in [-0.05, 0) is 78.4 Å². The van der Waals surface area contributed by atoms with Gasteiger partial charge in [0.15, 0.2) is 0 Å². The van der Waals surface area contributed by atoms with Gasteiger partial charge in [-0.1, -0.05) is 141 Å². The molecule has 0 saturated heterocycles. The zero-order valence-corrected chi connectivity index (χ0v) is 26.2. The molecule has 0 nitrogen and oxygen atoms in total. The minimum atomic E-state index is 0.104. The van der Waals surface area contributed by atoms with Crippen molar-refractivity contribution in [3.05, 3.63) is 69.3 Å². The molecule has 2 rings (SSSR count). The Morgan fingerprint density at radius 1 is 0.457 bits per heavy atom. The molecule has 1 unspecified atom stereocenters. The third-order valence-corrected chi connectivity index (χ3v) is 7.39. The average Bonchev–Trinajstić information content (AvgIpc) is 2.63. The summed E-state index contributed by atoms with van der Waals surface area (Å²) in [5.74, 6) is 0.452. The smallest absolute Gasteiger partial charge is 0.0129 e. The van der Waals surface area contributed by atoms with Gasteiger partial charge in [0.2, 0.25) is 0 Å². The van der Waals surface area contributed by atoms with Crippen molar-refractivity contribution < 1.29 is 0 Å². The molecule has 35 heavy (non-hydrogen) atoms. The number of rotatable bonds is 3. The summed E-state index contributed by atoms with van der Waals surface area (Å²) in [6, 6.07) is 12.4. The van der Waals surface area contributed by atoms with Gasteiger partial charge in [0.25, 0.3) is 0 Å². The van der Waals surface area contributed by atoms with Gasteiger partial charge < -0.3 is 0 Å². The predicted octanol–water partition coefficient (Wildman–Crippen LogP) is 10.5. The Kier molecular flexibility index (Phi) is 7.96. The minimum absolute atomic E-state index is 0.104. The van der Waals surface area contributed by atoms with Crippen molar-refractivity contribution in [2.24, 2.45) is 0 Å². The van der Waals surface area contributed by atoms with Gasteiger partial charge in [-0.3, -0.25) is 0 Å². The third kappa shape index (κ3) is 7.02. The van der Waals surface area contributed by atoms with E-state index in [4.69, 9.17) is 0 Å². The molecular formula is C35H56. The van der Waals surface area contributed by atoms with Crippen molar-refractivity contribution in [1.82, 2.24) is 0 Å². The molecule has 0 aliphatic heterocycles. The molecule has 196 valence electrons. The van der Waals surface area contributed by atoms with Crippen LogP contribution in [0.15, 0.2) is 30.3 Å². The summed E-state index contributed by atoms with van der Waals surface area (Å²) in [5, 5.41) is 0. The summed E-state index contributed by atoms with van der Waals surface area (Å²) < 4.78 is 0. The Hall–Kier alpha value is -1.56. The van der Waals surface area contributed by atoms with Crippen LogP contribution in [0, 0.1) is 0 Å². The van der Waals surface area contributed by atoms with Gasteiger partial charge in [0, 0.05) is 0 Å². The maximum atomic E-state index is 2.57. The molecule has 1 atom stereocenters. The van der Waals surface area contributed by atoms with Crippen molar-refractivity contribution >= 4 is 0 Å². The zero-order chi connectivity index (χ0) is 27.4. The summed E-state index contributed by atoms with van der Waals surface area (Å²) in [6.07, 6.45) is 1.06. The summed E-state index contributed by atoms with van der Waals surface area (Å²) in [5.41, 5.74) is 11.1. The van der Waals surface area contributed by atoms with Gasteiger partial charge in [-0.15, -0.1) is 0 Å². The SMILES string of the molecule is CC(Cc1ccc(C(C)(C)C)c(C(C)(C)C)c1)c1cc(C(C)(C)C)c(C(C)(C)C)cc1C(C)(C)C. The molecule has 0 heterocycles. The van der Waals surface area contributed by atoms with Gasteiger partial charge in [-0.25, -0.2) is 0 Å². The number of hydrogen-bond donors (Lipinski definition) is 0. The lowest BCUT2D eigenvalue weighted by Gasteiger charge is -2.36. The molecule has 0 bridgehead atoms. The van der Waals surface area contributed by atoms with E-state index in [1.165, 1.54) is 38.9 Å². The third-order valence-electron chi connectivity index (χ3n) is 7.39. The summed E-state index contributed by atoms with van der Waals surface area (Å²) in [7, 11) is 0. The predicted molar refractivity (Wildman–Crippen MR) is 159 cm³/mol. The molecule has 0 spiro atoms. The Balaban J connectivity index is 2.69. The quantitative estimate of drug-likeness (QED) is 0.413. The van der Waals surface area contributed by atoms with Crippen LogP contribution in [0.25, 0.3) is 0 Å². The second kappa shape index (κ2) is 9.39. The molecule has 0 heteroatoms. The molecule has 0 amide bonds. The summed E-state index contributed by atoms with van der Waals surface area (Å²) in [6.45, 7) is 37.8. The lowest BCUT2D eigenvalue weighted by molar-refractivity contribution is 0.516. The molecule has 0 radical (unpaired) electrons. The zero-order valence-electron chi connectivity index (χ0n) is 26.2. The van der Waals surface area contributed by atoms with Gasteiger partial charge in [0.1, 0.15) is 0 Å².